The van der Waals surface area contributed by atoms with Gasteiger partial charge in [0.1, 0.15) is 0 Å². The Labute approximate surface area is 160 Å². The van der Waals surface area contributed by atoms with Crippen LogP contribution in [0.25, 0.3) is 0 Å². The van der Waals surface area contributed by atoms with Gasteiger partial charge < -0.3 is 0 Å². The summed E-state index contributed by atoms with van der Waals surface area (Å²) in [7, 11) is 0. The predicted molar refractivity (Wildman–Crippen MR) is 85.8 cm³/mol. The molecule has 0 unspecified atom stereocenters. The van der Waals surface area contributed by atoms with Crippen LogP contribution in [0.5, 0.6) is 0 Å². The van der Waals surface area contributed by atoms with Crippen LogP contribution >= 0.6 is 0 Å². The van der Waals surface area contributed by atoms with Crippen LogP contribution in [0.1, 0.15) is 65.2 Å². The molecule has 0 radical (unpaired) electrons. The van der Waals surface area contributed by atoms with Crippen LogP contribution in [0.15, 0.2) is 35.5 Å². The number of unbranched alkanes of at least 4 members (excludes halogenated alkanes) is 2. The van der Waals surface area contributed by atoms with E-state index in [0.29, 0.717) is 0 Å². The van der Waals surface area contributed by atoms with Crippen molar-refractivity contribution in [1.29, 1.82) is 0 Å². The van der Waals surface area contributed by atoms with Gasteiger partial charge in [-0.25, -0.2) is 23.3 Å². The molecule has 0 saturated heterocycles. The molecule has 0 atom stereocenters. The van der Waals surface area contributed by atoms with Gasteiger partial charge in [-0.1, -0.05) is 52.4 Å². The summed E-state index contributed by atoms with van der Waals surface area (Å²) in [5, 5.41) is 0. The molecule has 0 nitrogen and oxygen atoms in total. The number of hydrogen-bond acceptors (Lipinski definition) is 0. The molecule has 0 aliphatic heterocycles. The minimum absolute atomic E-state index is 0. The molecule has 0 heterocycles. The van der Waals surface area contributed by atoms with Gasteiger partial charge in [-0.3, -0.25) is 12.2 Å². The first-order valence-electron chi connectivity index (χ1n) is 7.39. The topological polar surface area (TPSA) is 0 Å². The summed E-state index contributed by atoms with van der Waals surface area (Å²) >= 11 is 0. The number of hydrogen-bond donors (Lipinski definition) is 0. The molecule has 0 aromatic carbocycles. The Bertz CT molecular complexity index is 298. The predicted octanol–water partition coefficient (Wildman–Crippen LogP) is 5.35. The molecule has 2 rings (SSSR count). The average Bonchev–Trinajstić information content (AvgIpc) is 3.07. The van der Waals surface area contributed by atoms with Crippen molar-refractivity contribution in [3.05, 3.63) is 47.6 Å². The number of rotatable bonds is 6. The molecule has 0 spiro atoms. The summed E-state index contributed by atoms with van der Waals surface area (Å²) in [5.74, 6) is 0. The van der Waals surface area contributed by atoms with Gasteiger partial charge in [-0.2, -0.15) is 12.2 Å². The SMILES string of the molecule is CCCCC1=[C-]CC=C1.CCCCC1=[C-]CC=C1.[Ba+2]. The molecule has 2 aliphatic carbocycles. The zero-order valence-corrected chi connectivity index (χ0v) is 17.1. The van der Waals surface area contributed by atoms with Gasteiger partial charge in [-0.15, -0.1) is 12.8 Å². The minimum Gasteiger partial charge on any atom is -0.269 e. The van der Waals surface area contributed by atoms with Crippen molar-refractivity contribution in [2.45, 2.75) is 65.2 Å². The quantitative estimate of drug-likeness (QED) is 0.431. The molecular formula is C18H26Ba. The van der Waals surface area contributed by atoms with E-state index >= 15 is 0 Å². The van der Waals surface area contributed by atoms with Crippen molar-refractivity contribution < 1.29 is 0 Å². The maximum Gasteiger partial charge on any atom is 2.00 e. The summed E-state index contributed by atoms with van der Waals surface area (Å²) in [5.41, 5.74) is 2.83. The molecule has 0 aromatic heterocycles. The third kappa shape index (κ3) is 9.98. The van der Waals surface area contributed by atoms with Crippen LogP contribution < -0.4 is 0 Å². The fourth-order valence-electron chi connectivity index (χ4n) is 1.98. The van der Waals surface area contributed by atoms with Gasteiger partial charge in [0.25, 0.3) is 0 Å². The monoisotopic (exact) mass is 380 g/mol. The molecular weight excluding hydrogens is 354 g/mol. The molecule has 0 N–H and O–H groups in total. The molecule has 100 valence electrons. The fraction of sp³-hybridized carbons (Fsp3) is 0.556. The second kappa shape index (κ2) is 13.5. The van der Waals surface area contributed by atoms with Crippen LogP contribution in [0.4, 0.5) is 0 Å². The third-order valence-corrected chi connectivity index (χ3v) is 3.13. The summed E-state index contributed by atoms with van der Waals surface area (Å²) in [4.78, 5) is 0. The van der Waals surface area contributed by atoms with Crippen LogP contribution in [0.2, 0.25) is 0 Å². The van der Waals surface area contributed by atoms with Crippen LogP contribution in [0.3, 0.4) is 0 Å². The zero-order valence-electron chi connectivity index (χ0n) is 12.7. The van der Waals surface area contributed by atoms with E-state index in [1.807, 2.05) is 0 Å². The molecule has 0 saturated carbocycles. The van der Waals surface area contributed by atoms with E-state index in [4.69, 9.17) is 0 Å². The second-order valence-electron chi connectivity index (χ2n) is 4.82. The maximum absolute atomic E-state index is 3.30. The van der Waals surface area contributed by atoms with Crippen molar-refractivity contribution in [1.82, 2.24) is 0 Å². The maximum atomic E-state index is 3.30. The second-order valence-corrected chi connectivity index (χ2v) is 4.82. The summed E-state index contributed by atoms with van der Waals surface area (Å²) < 4.78 is 0. The molecule has 0 amide bonds. The third-order valence-electron chi connectivity index (χ3n) is 3.13. The van der Waals surface area contributed by atoms with E-state index in [2.05, 4.69) is 50.3 Å². The number of allylic oxidation sites excluding steroid dienone is 8. The Hall–Kier alpha value is 0.531. The molecule has 19 heavy (non-hydrogen) atoms. The van der Waals surface area contributed by atoms with Gasteiger partial charge in [-0.05, 0) is 0 Å². The fourth-order valence-corrected chi connectivity index (χ4v) is 1.98. The van der Waals surface area contributed by atoms with Gasteiger partial charge in [0.05, 0.1) is 0 Å². The minimum atomic E-state index is 0. The first-order valence-corrected chi connectivity index (χ1v) is 7.39. The molecule has 0 fully saturated rings. The van der Waals surface area contributed by atoms with Gasteiger partial charge in [0.15, 0.2) is 0 Å². The molecule has 1 heteroatoms. The Kier molecular flexibility index (Phi) is 13.9. The van der Waals surface area contributed by atoms with Crippen molar-refractivity contribution >= 4 is 48.9 Å². The van der Waals surface area contributed by atoms with E-state index in [9.17, 15) is 0 Å². The van der Waals surface area contributed by atoms with E-state index < -0.39 is 0 Å². The van der Waals surface area contributed by atoms with Gasteiger partial charge in [0.2, 0.25) is 0 Å². The molecule has 2 aliphatic rings. The standard InChI is InChI=1S/2C9H13.Ba/c2*1-2-3-6-9-7-4-5-8-9;/h2*4,7H,2-3,5-6H2,1H3;/q2*-1;+2. The Morgan fingerprint density at radius 1 is 0.842 bits per heavy atom. The smallest absolute Gasteiger partial charge is 0.269 e. The first kappa shape index (κ1) is 19.5. The van der Waals surface area contributed by atoms with Gasteiger partial charge >= 0.3 is 48.9 Å². The Morgan fingerprint density at radius 3 is 1.53 bits per heavy atom. The molecule has 0 aromatic rings. The van der Waals surface area contributed by atoms with Crippen LogP contribution in [0, 0.1) is 12.2 Å². The Morgan fingerprint density at radius 2 is 1.26 bits per heavy atom. The summed E-state index contributed by atoms with van der Waals surface area (Å²) in [6.07, 6.45) is 25.1. The van der Waals surface area contributed by atoms with Crippen molar-refractivity contribution in [2.75, 3.05) is 0 Å². The van der Waals surface area contributed by atoms with Crippen molar-refractivity contribution in [3.8, 4) is 0 Å². The Balaban J connectivity index is 0.000000324. The van der Waals surface area contributed by atoms with Crippen LogP contribution in [-0.4, -0.2) is 48.9 Å². The van der Waals surface area contributed by atoms with E-state index in [-0.39, 0.29) is 48.9 Å². The summed E-state index contributed by atoms with van der Waals surface area (Å²) in [6.45, 7) is 4.44. The van der Waals surface area contributed by atoms with E-state index in [1.54, 1.807) is 0 Å². The largest absolute Gasteiger partial charge is 2.00 e. The normalized spacial score (nSPS) is 15.5. The molecule has 0 bridgehead atoms. The zero-order chi connectivity index (χ0) is 13.1. The van der Waals surface area contributed by atoms with E-state index in [1.165, 1.54) is 49.7 Å². The first-order chi connectivity index (χ1) is 8.86. The average molecular weight is 380 g/mol. The van der Waals surface area contributed by atoms with Crippen LogP contribution in [-0.2, 0) is 0 Å². The van der Waals surface area contributed by atoms with E-state index in [0.717, 1.165) is 12.8 Å². The van der Waals surface area contributed by atoms with Gasteiger partial charge in [0, 0.05) is 0 Å². The summed E-state index contributed by atoms with van der Waals surface area (Å²) in [6, 6.07) is 0. The van der Waals surface area contributed by atoms with Crippen molar-refractivity contribution in [2.24, 2.45) is 0 Å². The van der Waals surface area contributed by atoms with Crippen molar-refractivity contribution in [3.63, 3.8) is 0 Å².